The average Bonchev–Trinajstić information content (AvgIpc) is 3.33. The van der Waals surface area contributed by atoms with Crippen molar-refractivity contribution in [3.8, 4) is 0 Å². The number of nitrogens with zero attached hydrogens (tertiary/aromatic N) is 2. The lowest BCUT2D eigenvalue weighted by Gasteiger charge is -2.31. The zero-order valence-electron chi connectivity index (χ0n) is 19.1. The highest BCUT2D eigenvalue weighted by atomic mass is 32.1. The molecule has 1 aromatic heterocycles. The number of nitrogens with one attached hydrogen (secondary N) is 2. The smallest absolute Gasteiger partial charge is 0.253 e. The van der Waals surface area contributed by atoms with Crippen LogP contribution in [-0.4, -0.2) is 78.5 Å². The Hall–Kier alpha value is -2.00. The molecule has 0 amide bonds. The molecule has 0 bridgehead atoms. The minimum atomic E-state index is -0.0514. The van der Waals surface area contributed by atoms with Gasteiger partial charge in [-0.25, -0.2) is 0 Å². The van der Waals surface area contributed by atoms with Gasteiger partial charge in [-0.3, -0.25) is 9.69 Å². The summed E-state index contributed by atoms with van der Waals surface area (Å²) in [6.07, 6.45) is 2.38. The second kappa shape index (κ2) is 10.7. The predicted octanol–water partition coefficient (Wildman–Crippen LogP) is 2.33. The van der Waals surface area contributed by atoms with Gasteiger partial charge in [0.15, 0.2) is 5.11 Å². The van der Waals surface area contributed by atoms with Crippen molar-refractivity contribution in [2.24, 2.45) is 0 Å². The molecule has 174 valence electrons. The number of aromatic amines is 1. The second-order valence-electron chi connectivity index (χ2n) is 8.79. The second-order valence-corrected chi connectivity index (χ2v) is 9.18. The molecule has 7 nitrogen and oxygen atoms in total. The maximum absolute atomic E-state index is 12.9. The third kappa shape index (κ3) is 5.67. The summed E-state index contributed by atoms with van der Waals surface area (Å²) in [7, 11) is 0. The highest BCUT2D eigenvalue weighted by Gasteiger charge is 2.20. The van der Waals surface area contributed by atoms with Gasteiger partial charge in [-0.15, -0.1) is 0 Å². The first-order valence-corrected chi connectivity index (χ1v) is 12.0. The van der Waals surface area contributed by atoms with Crippen LogP contribution in [0.15, 0.2) is 23.0 Å². The van der Waals surface area contributed by atoms with Gasteiger partial charge in [0.25, 0.3) is 5.56 Å². The van der Waals surface area contributed by atoms with E-state index in [0.717, 1.165) is 80.9 Å². The van der Waals surface area contributed by atoms with Gasteiger partial charge in [-0.05, 0) is 61.5 Å². The molecule has 4 rings (SSSR count). The molecular weight excluding hydrogens is 424 g/mol. The van der Waals surface area contributed by atoms with E-state index in [-0.39, 0.29) is 11.7 Å². The number of thiocarbonyl (C=S) groups is 1. The topological polar surface area (TPSA) is 69.8 Å². The molecule has 2 aliphatic heterocycles. The molecule has 0 saturated carbocycles. The minimum Gasteiger partial charge on any atom is -0.379 e. The van der Waals surface area contributed by atoms with Gasteiger partial charge in [0.2, 0.25) is 0 Å². The lowest BCUT2D eigenvalue weighted by molar-refractivity contribution is 0.0356. The Bertz CT molecular complexity index is 997. The molecule has 32 heavy (non-hydrogen) atoms. The molecule has 1 aromatic carbocycles. The lowest BCUT2D eigenvalue weighted by atomic mass is 10.0. The monoisotopic (exact) mass is 458 g/mol. The summed E-state index contributed by atoms with van der Waals surface area (Å²) < 4.78 is 11.2. The molecule has 0 spiro atoms. The number of pyridine rings is 1. The summed E-state index contributed by atoms with van der Waals surface area (Å²) in [5.41, 5.74) is 3.88. The van der Waals surface area contributed by atoms with Crippen LogP contribution in [0.5, 0.6) is 0 Å². The van der Waals surface area contributed by atoms with Crippen molar-refractivity contribution < 1.29 is 9.47 Å². The van der Waals surface area contributed by atoms with Crippen LogP contribution in [0.4, 0.5) is 0 Å². The van der Waals surface area contributed by atoms with Crippen LogP contribution >= 0.6 is 12.2 Å². The Balaban J connectivity index is 1.50. The number of fused-ring (bicyclic) bond motifs is 1. The Morgan fingerprint density at radius 2 is 2.09 bits per heavy atom. The molecular formula is C24H34N4O3S. The van der Waals surface area contributed by atoms with E-state index in [1.807, 2.05) is 13.0 Å². The Morgan fingerprint density at radius 3 is 2.84 bits per heavy atom. The van der Waals surface area contributed by atoms with Gasteiger partial charge in [0, 0.05) is 44.9 Å². The molecule has 1 atom stereocenters. The molecule has 8 heteroatoms. The summed E-state index contributed by atoms with van der Waals surface area (Å²) in [6, 6.07) is 6.18. The molecule has 2 aliphatic rings. The van der Waals surface area contributed by atoms with Gasteiger partial charge < -0.3 is 24.7 Å². The zero-order chi connectivity index (χ0) is 22.5. The van der Waals surface area contributed by atoms with E-state index in [1.165, 1.54) is 5.56 Å². The van der Waals surface area contributed by atoms with Crippen molar-refractivity contribution in [3.63, 3.8) is 0 Å². The predicted molar refractivity (Wildman–Crippen MR) is 131 cm³/mol. The Kier molecular flexibility index (Phi) is 7.78. The third-order valence-corrected chi connectivity index (χ3v) is 6.97. The summed E-state index contributed by atoms with van der Waals surface area (Å²) in [4.78, 5) is 20.5. The van der Waals surface area contributed by atoms with E-state index in [1.54, 1.807) is 0 Å². The van der Waals surface area contributed by atoms with Crippen LogP contribution < -0.4 is 10.9 Å². The SMILES string of the molecule is Cc1ccc2cc(CN(CCN3CCOCC3)C(=S)NC[C@@H]3CCCO3)c(=O)[nH]c2c1C. The number of ether oxygens (including phenoxy) is 2. The van der Waals surface area contributed by atoms with E-state index in [4.69, 9.17) is 21.7 Å². The van der Waals surface area contributed by atoms with E-state index in [9.17, 15) is 4.79 Å². The molecule has 0 aliphatic carbocycles. The van der Waals surface area contributed by atoms with Crippen molar-refractivity contribution in [2.75, 3.05) is 52.5 Å². The van der Waals surface area contributed by atoms with E-state index >= 15 is 0 Å². The van der Waals surface area contributed by atoms with Gasteiger partial charge in [-0.2, -0.15) is 0 Å². The van der Waals surface area contributed by atoms with Gasteiger partial charge in [0.1, 0.15) is 0 Å². The number of hydrogen-bond donors (Lipinski definition) is 2. The van der Waals surface area contributed by atoms with Gasteiger partial charge in [0.05, 0.1) is 31.4 Å². The Labute approximate surface area is 195 Å². The quantitative estimate of drug-likeness (QED) is 0.617. The Morgan fingerprint density at radius 1 is 1.28 bits per heavy atom. The van der Waals surface area contributed by atoms with Crippen molar-refractivity contribution in [2.45, 2.75) is 39.3 Å². The van der Waals surface area contributed by atoms with Crippen molar-refractivity contribution in [1.29, 1.82) is 0 Å². The first kappa shape index (κ1) is 23.2. The highest BCUT2D eigenvalue weighted by Crippen LogP contribution is 2.19. The molecule has 3 heterocycles. The number of aryl methyl sites for hydroxylation is 2. The zero-order valence-corrected chi connectivity index (χ0v) is 19.9. The fourth-order valence-electron chi connectivity index (χ4n) is 4.35. The van der Waals surface area contributed by atoms with Gasteiger partial charge in [-0.1, -0.05) is 12.1 Å². The fourth-order valence-corrected chi connectivity index (χ4v) is 4.59. The number of morpholine rings is 1. The number of aromatic nitrogens is 1. The lowest BCUT2D eigenvalue weighted by Crippen LogP contribution is -2.47. The van der Waals surface area contributed by atoms with Crippen LogP contribution in [-0.2, 0) is 16.0 Å². The van der Waals surface area contributed by atoms with Crippen LogP contribution in [0, 0.1) is 13.8 Å². The van der Waals surface area contributed by atoms with Crippen molar-refractivity contribution in [3.05, 3.63) is 45.2 Å². The molecule has 2 aromatic rings. The van der Waals surface area contributed by atoms with Gasteiger partial charge >= 0.3 is 0 Å². The number of benzene rings is 1. The minimum absolute atomic E-state index is 0.0514. The van der Waals surface area contributed by atoms with E-state index in [2.05, 4.69) is 39.2 Å². The maximum atomic E-state index is 12.9. The van der Waals surface area contributed by atoms with E-state index in [0.29, 0.717) is 18.2 Å². The number of rotatable bonds is 7. The maximum Gasteiger partial charge on any atom is 0.253 e. The first-order chi connectivity index (χ1) is 15.5. The molecule has 0 radical (unpaired) electrons. The normalized spacial score (nSPS) is 19.4. The average molecular weight is 459 g/mol. The largest absolute Gasteiger partial charge is 0.379 e. The third-order valence-electron chi connectivity index (χ3n) is 6.57. The molecule has 0 unspecified atom stereocenters. The van der Waals surface area contributed by atoms with Crippen molar-refractivity contribution in [1.82, 2.24) is 20.1 Å². The summed E-state index contributed by atoms with van der Waals surface area (Å²) in [5.74, 6) is 0. The summed E-state index contributed by atoms with van der Waals surface area (Å²) in [6.45, 7) is 11.1. The van der Waals surface area contributed by atoms with Crippen molar-refractivity contribution >= 4 is 28.2 Å². The molecule has 2 saturated heterocycles. The van der Waals surface area contributed by atoms with E-state index < -0.39 is 0 Å². The van der Waals surface area contributed by atoms with Crippen LogP contribution in [0.25, 0.3) is 10.9 Å². The first-order valence-electron chi connectivity index (χ1n) is 11.6. The molecule has 2 fully saturated rings. The number of hydrogen-bond acceptors (Lipinski definition) is 5. The molecule has 2 N–H and O–H groups in total. The number of H-pyrrole nitrogens is 1. The summed E-state index contributed by atoms with van der Waals surface area (Å²) >= 11 is 5.76. The van der Waals surface area contributed by atoms with Crippen LogP contribution in [0.1, 0.15) is 29.5 Å². The fraction of sp³-hybridized carbons (Fsp3) is 0.583. The highest BCUT2D eigenvalue weighted by molar-refractivity contribution is 7.80. The van der Waals surface area contributed by atoms with Crippen LogP contribution in [0.3, 0.4) is 0 Å². The summed E-state index contributed by atoms with van der Waals surface area (Å²) in [5, 5.41) is 5.11. The standard InChI is InChI=1S/C24H34N4O3S/c1-17-5-6-19-14-20(23(29)26-22(19)18(17)2)16-28(8-7-27-9-12-30-13-10-27)24(32)25-15-21-4-3-11-31-21/h5-6,14,21H,3-4,7-13,15-16H2,1-2H3,(H,25,32)(H,26,29)/t21-/m0/s1. The van der Waals surface area contributed by atoms with Crippen LogP contribution in [0.2, 0.25) is 0 Å².